The fourth-order valence-electron chi connectivity index (χ4n) is 1.43. The van der Waals surface area contributed by atoms with Crippen molar-refractivity contribution in [1.29, 1.82) is 0 Å². The Kier molecular flexibility index (Phi) is 5.69. The first-order valence-corrected chi connectivity index (χ1v) is 4.72. The second kappa shape index (κ2) is 5.99. The molecule has 0 aromatic heterocycles. The molecule has 12 heavy (non-hydrogen) atoms. The number of allylic oxidation sites excluding steroid dienone is 2. The quantitative estimate of drug-likeness (QED) is 0.439. The molecule has 0 bridgehead atoms. The Morgan fingerprint density at radius 2 is 1.92 bits per heavy atom. The SMILES string of the molecule is CCCC(C)(C)CC/C=C\C=O. The van der Waals surface area contributed by atoms with Crippen molar-refractivity contribution in [2.75, 3.05) is 0 Å². The van der Waals surface area contributed by atoms with E-state index in [9.17, 15) is 4.79 Å². The third kappa shape index (κ3) is 6.14. The van der Waals surface area contributed by atoms with Crippen LogP contribution in [0, 0.1) is 5.41 Å². The van der Waals surface area contributed by atoms with Gasteiger partial charge < -0.3 is 0 Å². The molecule has 0 aromatic rings. The van der Waals surface area contributed by atoms with Gasteiger partial charge in [0.2, 0.25) is 0 Å². The highest BCUT2D eigenvalue weighted by Crippen LogP contribution is 2.27. The summed E-state index contributed by atoms with van der Waals surface area (Å²) in [7, 11) is 0. The lowest BCUT2D eigenvalue weighted by atomic mass is 9.83. The van der Waals surface area contributed by atoms with Crippen LogP contribution in [0.5, 0.6) is 0 Å². The van der Waals surface area contributed by atoms with Crippen LogP contribution in [0.4, 0.5) is 0 Å². The van der Waals surface area contributed by atoms with Crippen LogP contribution in [-0.2, 0) is 4.79 Å². The van der Waals surface area contributed by atoms with Crippen LogP contribution in [0.1, 0.15) is 46.5 Å². The Hall–Kier alpha value is -0.590. The topological polar surface area (TPSA) is 17.1 Å². The van der Waals surface area contributed by atoms with E-state index in [0.717, 1.165) is 12.7 Å². The van der Waals surface area contributed by atoms with Crippen molar-refractivity contribution in [3.05, 3.63) is 12.2 Å². The highest BCUT2D eigenvalue weighted by Gasteiger charge is 2.14. The molecule has 0 saturated carbocycles. The van der Waals surface area contributed by atoms with E-state index in [0.29, 0.717) is 5.41 Å². The molecule has 0 spiro atoms. The molecule has 0 atom stereocenters. The summed E-state index contributed by atoms with van der Waals surface area (Å²) in [5.41, 5.74) is 0.433. The van der Waals surface area contributed by atoms with E-state index < -0.39 is 0 Å². The standard InChI is InChI=1S/C11H20O/c1-4-8-11(2,3)9-6-5-7-10-12/h5,7,10H,4,6,8-9H2,1-3H3/b7-5-. The molecular weight excluding hydrogens is 148 g/mol. The molecule has 0 radical (unpaired) electrons. The van der Waals surface area contributed by atoms with Crippen molar-refractivity contribution in [3.63, 3.8) is 0 Å². The zero-order chi connectivity index (χ0) is 9.45. The van der Waals surface area contributed by atoms with E-state index in [1.54, 1.807) is 6.08 Å². The monoisotopic (exact) mass is 168 g/mol. The first-order valence-electron chi connectivity index (χ1n) is 4.72. The van der Waals surface area contributed by atoms with Gasteiger partial charge in [-0.3, -0.25) is 4.79 Å². The predicted octanol–water partition coefficient (Wildman–Crippen LogP) is 3.35. The Balaban J connectivity index is 3.59. The van der Waals surface area contributed by atoms with Crippen LogP contribution in [0.25, 0.3) is 0 Å². The smallest absolute Gasteiger partial charge is 0.142 e. The van der Waals surface area contributed by atoms with Gasteiger partial charge >= 0.3 is 0 Å². The summed E-state index contributed by atoms with van der Waals surface area (Å²) in [4.78, 5) is 9.97. The largest absolute Gasteiger partial charge is 0.299 e. The average molecular weight is 168 g/mol. The maximum Gasteiger partial charge on any atom is 0.142 e. The number of carbonyl (C=O) groups excluding carboxylic acids is 1. The van der Waals surface area contributed by atoms with Crippen LogP contribution in [0.2, 0.25) is 0 Å². The molecule has 0 saturated heterocycles. The van der Waals surface area contributed by atoms with Crippen molar-refractivity contribution >= 4 is 6.29 Å². The maximum absolute atomic E-state index is 9.97. The van der Waals surface area contributed by atoms with E-state index in [1.165, 1.54) is 19.3 Å². The molecule has 0 heterocycles. The molecule has 0 aliphatic rings. The van der Waals surface area contributed by atoms with E-state index in [-0.39, 0.29) is 0 Å². The Labute approximate surface area is 75.9 Å². The lowest BCUT2D eigenvalue weighted by Crippen LogP contribution is -2.09. The van der Waals surface area contributed by atoms with Gasteiger partial charge in [0.15, 0.2) is 0 Å². The zero-order valence-corrected chi connectivity index (χ0v) is 8.47. The third-order valence-corrected chi connectivity index (χ3v) is 2.13. The van der Waals surface area contributed by atoms with Crippen molar-refractivity contribution < 1.29 is 4.79 Å². The molecule has 0 amide bonds. The number of carbonyl (C=O) groups is 1. The zero-order valence-electron chi connectivity index (χ0n) is 8.47. The van der Waals surface area contributed by atoms with Gasteiger partial charge in [0, 0.05) is 0 Å². The Morgan fingerprint density at radius 1 is 1.25 bits per heavy atom. The van der Waals surface area contributed by atoms with Crippen LogP contribution in [-0.4, -0.2) is 6.29 Å². The van der Waals surface area contributed by atoms with Crippen LogP contribution < -0.4 is 0 Å². The van der Waals surface area contributed by atoms with Crippen LogP contribution >= 0.6 is 0 Å². The molecule has 0 N–H and O–H groups in total. The van der Waals surface area contributed by atoms with Gasteiger partial charge in [-0.05, 0) is 30.8 Å². The summed E-state index contributed by atoms with van der Waals surface area (Å²) in [6.45, 7) is 6.78. The predicted molar refractivity (Wildman–Crippen MR) is 53.1 cm³/mol. The minimum absolute atomic E-state index is 0.433. The normalized spacial score (nSPS) is 12.2. The highest BCUT2D eigenvalue weighted by molar-refractivity contribution is 5.64. The summed E-state index contributed by atoms with van der Waals surface area (Å²) < 4.78 is 0. The molecule has 0 aliphatic carbocycles. The van der Waals surface area contributed by atoms with Crippen molar-refractivity contribution in [3.8, 4) is 0 Å². The first kappa shape index (κ1) is 11.4. The van der Waals surface area contributed by atoms with E-state index >= 15 is 0 Å². The van der Waals surface area contributed by atoms with Gasteiger partial charge in [0.1, 0.15) is 6.29 Å². The molecular formula is C11H20O. The first-order chi connectivity index (χ1) is 5.62. The summed E-state index contributed by atoms with van der Waals surface area (Å²) in [6.07, 6.45) is 9.07. The number of hydrogen-bond acceptors (Lipinski definition) is 1. The summed E-state index contributed by atoms with van der Waals surface area (Å²) in [5, 5.41) is 0. The maximum atomic E-state index is 9.97. The second-order valence-electron chi connectivity index (χ2n) is 4.02. The minimum atomic E-state index is 0.433. The molecule has 0 rings (SSSR count). The molecule has 70 valence electrons. The molecule has 0 aliphatic heterocycles. The molecule has 0 fully saturated rings. The van der Waals surface area contributed by atoms with Crippen LogP contribution in [0.15, 0.2) is 12.2 Å². The van der Waals surface area contributed by atoms with Gasteiger partial charge in [0.25, 0.3) is 0 Å². The fraction of sp³-hybridized carbons (Fsp3) is 0.727. The van der Waals surface area contributed by atoms with Crippen molar-refractivity contribution in [2.24, 2.45) is 5.41 Å². The highest BCUT2D eigenvalue weighted by atomic mass is 16.1. The van der Waals surface area contributed by atoms with Gasteiger partial charge in [-0.25, -0.2) is 0 Å². The third-order valence-electron chi connectivity index (χ3n) is 2.13. The van der Waals surface area contributed by atoms with E-state index in [2.05, 4.69) is 20.8 Å². The Bertz CT molecular complexity index is 145. The molecule has 0 aromatic carbocycles. The fourth-order valence-corrected chi connectivity index (χ4v) is 1.43. The lowest BCUT2D eigenvalue weighted by Gasteiger charge is -2.22. The summed E-state index contributed by atoms with van der Waals surface area (Å²) in [5.74, 6) is 0. The number of hydrogen-bond donors (Lipinski definition) is 0. The molecule has 1 heteroatoms. The van der Waals surface area contributed by atoms with Gasteiger partial charge in [-0.1, -0.05) is 33.3 Å². The second-order valence-corrected chi connectivity index (χ2v) is 4.02. The lowest BCUT2D eigenvalue weighted by molar-refractivity contribution is -0.104. The van der Waals surface area contributed by atoms with E-state index in [1.807, 2.05) is 6.08 Å². The van der Waals surface area contributed by atoms with E-state index in [4.69, 9.17) is 0 Å². The van der Waals surface area contributed by atoms with Crippen molar-refractivity contribution in [1.82, 2.24) is 0 Å². The van der Waals surface area contributed by atoms with Gasteiger partial charge in [-0.15, -0.1) is 0 Å². The van der Waals surface area contributed by atoms with Crippen molar-refractivity contribution in [2.45, 2.75) is 46.5 Å². The number of aldehydes is 1. The van der Waals surface area contributed by atoms with Gasteiger partial charge in [0.05, 0.1) is 0 Å². The van der Waals surface area contributed by atoms with Gasteiger partial charge in [-0.2, -0.15) is 0 Å². The average Bonchev–Trinajstić information content (AvgIpc) is 1.98. The molecule has 0 unspecified atom stereocenters. The summed E-state index contributed by atoms with van der Waals surface area (Å²) >= 11 is 0. The number of rotatable bonds is 6. The Morgan fingerprint density at radius 3 is 2.42 bits per heavy atom. The summed E-state index contributed by atoms with van der Waals surface area (Å²) in [6, 6.07) is 0. The van der Waals surface area contributed by atoms with Crippen LogP contribution in [0.3, 0.4) is 0 Å². The molecule has 1 nitrogen and oxygen atoms in total. The minimum Gasteiger partial charge on any atom is -0.299 e.